The van der Waals surface area contributed by atoms with Crippen LogP contribution in [0.1, 0.15) is 19.4 Å². The van der Waals surface area contributed by atoms with E-state index in [0.717, 1.165) is 11.3 Å². The predicted molar refractivity (Wildman–Crippen MR) is 67.4 cm³/mol. The van der Waals surface area contributed by atoms with E-state index < -0.39 is 10.5 Å². The SMILES string of the molecule is Cc1ccc([N+](=O)[O-])cc1N(C)CC(C)(C)O. The third-order valence-electron chi connectivity index (χ3n) is 2.44. The van der Waals surface area contributed by atoms with Gasteiger partial charge in [-0.3, -0.25) is 10.1 Å². The van der Waals surface area contributed by atoms with Gasteiger partial charge in [-0.25, -0.2) is 0 Å². The summed E-state index contributed by atoms with van der Waals surface area (Å²) in [6.07, 6.45) is 0. The number of rotatable bonds is 4. The second-order valence-electron chi connectivity index (χ2n) is 4.90. The van der Waals surface area contributed by atoms with Crippen molar-refractivity contribution < 1.29 is 10.0 Å². The Labute approximate surface area is 101 Å². The molecule has 0 saturated heterocycles. The van der Waals surface area contributed by atoms with Crippen molar-refractivity contribution in [3.8, 4) is 0 Å². The van der Waals surface area contributed by atoms with Gasteiger partial charge < -0.3 is 10.0 Å². The zero-order valence-corrected chi connectivity index (χ0v) is 10.6. The molecule has 0 saturated carbocycles. The van der Waals surface area contributed by atoms with Crippen molar-refractivity contribution in [2.45, 2.75) is 26.4 Å². The lowest BCUT2D eigenvalue weighted by Gasteiger charge is -2.28. The van der Waals surface area contributed by atoms with Crippen molar-refractivity contribution >= 4 is 11.4 Å². The molecule has 1 N–H and O–H groups in total. The number of nitrogens with zero attached hydrogens (tertiary/aromatic N) is 2. The minimum Gasteiger partial charge on any atom is -0.389 e. The van der Waals surface area contributed by atoms with E-state index in [9.17, 15) is 15.2 Å². The van der Waals surface area contributed by atoms with E-state index in [0.29, 0.717) is 6.54 Å². The number of non-ortho nitro benzene ring substituents is 1. The Kier molecular flexibility index (Phi) is 3.72. The third kappa shape index (κ3) is 3.71. The fourth-order valence-electron chi connectivity index (χ4n) is 1.79. The molecular formula is C12H18N2O3. The van der Waals surface area contributed by atoms with Crippen LogP contribution < -0.4 is 4.90 Å². The molecule has 0 fully saturated rings. The molecule has 0 heterocycles. The summed E-state index contributed by atoms with van der Waals surface area (Å²) < 4.78 is 0. The van der Waals surface area contributed by atoms with E-state index in [-0.39, 0.29) is 5.69 Å². The number of benzene rings is 1. The molecule has 0 aliphatic rings. The minimum absolute atomic E-state index is 0.0631. The summed E-state index contributed by atoms with van der Waals surface area (Å²) in [5.41, 5.74) is 0.933. The quantitative estimate of drug-likeness (QED) is 0.644. The molecule has 0 aliphatic heterocycles. The first-order valence-electron chi connectivity index (χ1n) is 5.39. The maximum atomic E-state index is 10.7. The van der Waals surface area contributed by atoms with Crippen molar-refractivity contribution in [1.82, 2.24) is 0 Å². The molecule has 0 radical (unpaired) electrons. The third-order valence-corrected chi connectivity index (χ3v) is 2.44. The van der Waals surface area contributed by atoms with E-state index in [1.807, 2.05) is 18.9 Å². The average molecular weight is 238 g/mol. The second kappa shape index (κ2) is 4.71. The van der Waals surface area contributed by atoms with Crippen molar-refractivity contribution in [2.75, 3.05) is 18.5 Å². The molecule has 0 unspecified atom stereocenters. The summed E-state index contributed by atoms with van der Waals surface area (Å²) >= 11 is 0. The fraction of sp³-hybridized carbons (Fsp3) is 0.500. The largest absolute Gasteiger partial charge is 0.389 e. The monoisotopic (exact) mass is 238 g/mol. The van der Waals surface area contributed by atoms with Gasteiger partial charge in [0.05, 0.1) is 10.5 Å². The van der Waals surface area contributed by atoms with Gasteiger partial charge in [-0.1, -0.05) is 6.07 Å². The van der Waals surface area contributed by atoms with Gasteiger partial charge in [-0.2, -0.15) is 0 Å². The molecule has 0 spiro atoms. The lowest BCUT2D eigenvalue weighted by Crippen LogP contribution is -2.36. The Balaban J connectivity index is 3.04. The molecular weight excluding hydrogens is 220 g/mol. The van der Waals surface area contributed by atoms with Crippen LogP contribution in [0.2, 0.25) is 0 Å². The maximum Gasteiger partial charge on any atom is 0.271 e. The Hall–Kier alpha value is -1.62. The summed E-state index contributed by atoms with van der Waals surface area (Å²) in [7, 11) is 1.81. The van der Waals surface area contributed by atoms with Crippen LogP contribution in [-0.4, -0.2) is 29.2 Å². The molecule has 5 heteroatoms. The summed E-state index contributed by atoms with van der Waals surface area (Å²) in [5.74, 6) is 0. The molecule has 94 valence electrons. The number of aliphatic hydroxyl groups is 1. The van der Waals surface area contributed by atoms with E-state index in [2.05, 4.69) is 0 Å². The molecule has 0 amide bonds. The number of nitro groups is 1. The summed E-state index contributed by atoms with van der Waals surface area (Å²) in [5, 5.41) is 20.5. The van der Waals surface area contributed by atoms with Crippen molar-refractivity contribution in [3.63, 3.8) is 0 Å². The highest BCUT2D eigenvalue weighted by atomic mass is 16.6. The van der Waals surface area contributed by atoms with Gasteiger partial charge in [-0.05, 0) is 26.3 Å². The molecule has 0 bridgehead atoms. The molecule has 1 aromatic rings. The zero-order valence-electron chi connectivity index (χ0n) is 10.6. The van der Waals surface area contributed by atoms with Crippen LogP contribution in [0.25, 0.3) is 0 Å². The molecule has 0 atom stereocenters. The van der Waals surface area contributed by atoms with Gasteiger partial charge >= 0.3 is 0 Å². The Morgan fingerprint density at radius 2 is 2.06 bits per heavy atom. The van der Waals surface area contributed by atoms with Crippen molar-refractivity contribution in [1.29, 1.82) is 0 Å². The number of nitro benzene ring substituents is 1. The van der Waals surface area contributed by atoms with Crippen molar-refractivity contribution in [3.05, 3.63) is 33.9 Å². The predicted octanol–water partition coefficient (Wildman–Crippen LogP) is 2.11. The molecule has 0 aliphatic carbocycles. The second-order valence-corrected chi connectivity index (χ2v) is 4.90. The van der Waals surface area contributed by atoms with Gasteiger partial charge in [0.25, 0.3) is 5.69 Å². The van der Waals surface area contributed by atoms with E-state index in [1.54, 1.807) is 19.9 Å². The van der Waals surface area contributed by atoms with Crippen LogP contribution in [0.3, 0.4) is 0 Å². The highest BCUT2D eigenvalue weighted by Gasteiger charge is 2.18. The molecule has 17 heavy (non-hydrogen) atoms. The lowest BCUT2D eigenvalue weighted by atomic mass is 10.1. The van der Waals surface area contributed by atoms with Gasteiger partial charge in [-0.15, -0.1) is 0 Å². The standard InChI is InChI=1S/C12H18N2O3/c1-9-5-6-10(14(16)17)7-11(9)13(4)8-12(2,3)15/h5-7,15H,8H2,1-4H3. The first-order valence-corrected chi connectivity index (χ1v) is 5.39. The van der Waals surface area contributed by atoms with Gasteiger partial charge in [0.15, 0.2) is 0 Å². The maximum absolute atomic E-state index is 10.7. The first kappa shape index (κ1) is 13.4. The van der Waals surface area contributed by atoms with E-state index in [1.165, 1.54) is 12.1 Å². The fourth-order valence-corrected chi connectivity index (χ4v) is 1.79. The van der Waals surface area contributed by atoms with Gasteiger partial charge in [0, 0.05) is 31.4 Å². The smallest absolute Gasteiger partial charge is 0.271 e. The number of anilines is 1. The number of likely N-dealkylation sites (N-methyl/N-ethyl adjacent to an activating group) is 1. The summed E-state index contributed by atoms with van der Waals surface area (Å²) in [6.45, 7) is 5.71. The normalized spacial score (nSPS) is 11.4. The van der Waals surface area contributed by atoms with Crippen molar-refractivity contribution in [2.24, 2.45) is 0 Å². The average Bonchev–Trinajstić information content (AvgIpc) is 2.14. The molecule has 5 nitrogen and oxygen atoms in total. The highest BCUT2D eigenvalue weighted by molar-refractivity contribution is 5.58. The van der Waals surface area contributed by atoms with Gasteiger partial charge in [0.1, 0.15) is 0 Å². The number of hydrogen-bond donors (Lipinski definition) is 1. The van der Waals surface area contributed by atoms with Crippen LogP contribution in [0.4, 0.5) is 11.4 Å². The summed E-state index contributed by atoms with van der Waals surface area (Å²) in [6, 6.07) is 4.73. The van der Waals surface area contributed by atoms with Crippen LogP contribution in [0.5, 0.6) is 0 Å². The van der Waals surface area contributed by atoms with E-state index >= 15 is 0 Å². The molecule has 1 aromatic carbocycles. The summed E-state index contributed by atoms with van der Waals surface area (Å²) in [4.78, 5) is 12.1. The van der Waals surface area contributed by atoms with Crippen LogP contribution in [-0.2, 0) is 0 Å². The highest BCUT2D eigenvalue weighted by Crippen LogP contribution is 2.25. The number of aryl methyl sites for hydroxylation is 1. The van der Waals surface area contributed by atoms with Crippen LogP contribution >= 0.6 is 0 Å². The van der Waals surface area contributed by atoms with E-state index in [4.69, 9.17) is 0 Å². The van der Waals surface area contributed by atoms with Crippen LogP contribution in [0, 0.1) is 17.0 Å². The number of hydrogen-bond acceptors (Lipinski definition) is 4. The van der Waals surface area contributed by atoms with Gasteiger partial charge in [0.2, 0.25) is 0 Å². The lowest BCUT2D eigenvalue weighted by molar-refractivity contribution is -0.384. The first-order chi connectivity index (χ1) is 7.70. The minimum atomic E-state index is -0.841. The zero-order chi connectivity index (χ0) is 13.2. The molecule has 1 rings (SSSR count). The molecule has 0 aromatic heterocycles. The Morgan fingerprint density at radius 1 is 1.47 bits per heavy atom. The Bertz CT molecular complexity index is 424. The Morgan fingerprint density at radius 3 is 2.53 bits per heavy atom. The topological polar surface area (TPSA) is 66.6 Å². The van der Waals surface area contributed by atoms with Crippen LogP contribution in [0.15, 0.2) is 18.2 Å².